The second-order valence-corrected chi connectivity index (χ2v) is 7.82. The van der Waals surface area contributed by atoms with Crippen molar-refractivity contribution >= 4 is 24.0 Å². The van der Waals surface area contributed by atoms with Crippen molar-refractivity contribution in [2.45, 2.75) is 25.4 Å². The average molecular weight is 401 g/mol. The van der Waals surface area contributed by atoms with Gasteiger partial charge in [0.05, 0.1) is 11.7 Å². The van der Waals surface area contributed by atoms with Crippen LogP contribution in [0.5, 0.6) is 0 Å². The number of nitrogens with zero attached hydrogens (tertiary/aromatic N) is 4. The highest BCUT2D eigenvalue weighted by Crippen LogP contribution is 2.39. The van der Waals surface area contributed by atoms with Gasteiger partial charge in [-0.05, 0) is 36.5 Å². The Morgan fingerprint density at radius 1 is 1.00 bits per heavy atom. The Bertz CT molecular complexity index is 908. The molecule has 27 heavy (non-hydrogen) atoms. The van der Waals surface area contributed by atoms with Crippen LogP contribution < -0.4 is 0 Å². The summed E-state index contributed by atoms with van der Waals surface area (Å²) in [6, 6.07) is 19.1. The number of aromatic nitrogens is 3. The first kappa shape index (κ1) is 18.5. The lowest BCUT2D eigenvalue weighted by molar-refractivity contribution is 0.306. The Morgan fingerprint density at radius 3 is 2.56 bits per heavy atom. The summed E-state index contributed by atoms with van der Waals surface area (Å²) in [4.78, 5) is 2.54. The van der Waals surface area contributed by atoms with Crippen LogP contribution in [-0.4, -0.2) is 33.0 Å². The molecule has 0 radical (unpaired) electrons. The third-order valence-electron chi connectivity index (χ3n) is 5.71. The minimum absolute atomic E-state index is 0. The predicted molar refractivity (Wildman–Crippen MR) is 110 cm³/mol. The molecule has 2 aliphatic rings. The van der Waals surface area contributed by atoms with E-state index in [0.717, 1.165) is 36.8 Å². The molecule has 0 unspecified atom stereocenters. The van der Waals surface area contributed by atoms with Crippen molar-refractivity contribution in [3.8, 4) is 11.3 Å². The molecule has 140 valence electrons. The molecule has 3 aromatic rings. The molecular weight excluding hydrogens is 379 g/mol. The summed E-state index contributed by atoms with van der Waals surface area (Å²) in [6.45, 7) is 3.14. The molecule has 0 bridgehead atoms. The zero-order chi connectivity index (χ0) is 17.5. The van der Waals surface area contributed by atoms with E-state index in [1.54, 1.807) is 0 Å². The Morgan fingerprint density at radius 2 is 1.78 bits per heavy atom. The highest BCUT2D eigenvalue weighted by Gasteiger charge is 2.39. The lowest BCUT2D eigenvalue weighted by Crippen LogP contribution is -2.26. The van der Waals surface area contributed by atoms with Crippen LogP contribution in [0, 0.1) is 5.92 Å². The van der Waals surface area contributed by atoms with Crippen molar-refractivity contribution in [2.24, 2.45) is 5.92 Å². The summed E-state index contributed by atoms with van der Waals surface area (Å²) in [5, 5.41) is 9.87. The van der Waals surface area contributed by atoms with E-state index < -0.39 is 0 Å². The summed E-state index contributed by atoms with van der Waals surface area (Å²) in [6.07, 6.45) is 2.28. The lowest BCUT2D eigenvalue weighted by atomic mass is 9.91. The third kappa shape index (κ3) is 3.49. The van der Waals surface area contributed by atoms with Gasteiger partial charge < -0.3 is 0 Å². The number of benzene rings is 2. The number of halogens is 2. The maximum absolute atomic E-state index is 6.00. The second kappa shape index (κ2) is 7.63. The van der Waals surface area contributed by atoms with E-state index >= 15 is 0 Å². The van der Waals surface area contributed by atoms with E-state index in [1.807, 2.05) is 18.2 Å². The largest absolute Gasteiger partial charge is 0.297 e. The highest BCUT2D eigenvalue weighted by molar-refractivity contribution is 6.30. The van der Waals surface area contributed by atoms with Crippen LogP contribution in [0.25, 0.3) is 11.3 Å². The van der Waals surface area contributed by atoms with E-state index in [1.165, 1.54) is 23.2 Å². The highest BCUT2D eigenvalue weighted by atomic mass is 35.5. The van der Waals surface area contributed by atoms with E-state index in [-0.39, 0.29) is 12.4 Å². The van der Waals surface area contributed by atoms with E-state index in [9.17, 15) is 0 Å². The molecule has 0 saturated carbocycles. The second-order valence-electron chi connectivity index (χ2n) is 7.38. The normalized spacial score (nSPS) is 21.4. The first-order valence-electron chi connectivity index (χ1n) is 9.24. The smallest absolute Gasteiger partial charge is 0.116 e. The van der Waals surface area contributed by atoms with Crippen molar-refractivity contribution in [2.75, 3.05) is 13.1 Å². The SMILES string of the molecule is Cl.Clc1ccc(CN2C[C@H]3CCc4c(-c5ccccc5)nnn4[C@@H]3C2)cc1. The number of fused-ring (bicyclic) bond motifs is 3. The summed E-state index contributed by atoms with van der Waals surface area (Å²) in [5.74, 6) is 0.667. The minimum Gasteiger partial charge on any atom is -0.297 e. The molecule has 0 N–H and O–H groups in total. The van der Waals surface area contributed by atoms with Crippen LogP contribution in [0.3, 0.4) is 0 Å². The fourth-order valence-corrected chi connectivity index (χ4v) is 4.56. The van der Waals surface area contributed by atoms with Crippen molar-refractivity contribution in [1.82, 2.24) is 19.9 Å². The summed E-state index contributed by atoms with van der Waals surface area (Å²) in [7, 11) is 0. The van der Waals surface area contributed by atoms with Gasteiger partial charge in [0.15, 0.2) is 0 Å². The van der Waals surface area contributed by atoms with Gasteiger partial charge in [0.1, 0.15) is 5.69 Å². The van der Waals surface area contributed by atoms with Crippen molar-refractivity contribution in [3.63, 3.8) is 0 Å². The topological polar surface area (TPSA) is 34.0 Å². The Hall–Kier alpha value is -1.88. The molecular formula is C21H22Cl2N4. The molecule has 2 aliphatic heterocycles. The minimum atomic E-state index is 0. The summed E-state index contributed by atoms with van der Waals surface area (Å²) < 4.78 is 2.21. The molecule has 6 heteroatoms. The van der Waals surface area contributed by atoms with Crippen LogP contribution >= 0.6 is 24.0 Å². The predicted octanol–water partition coefficient (Wildman–Crippen LogP) is 4.64. The zero-order valence-corrected chi connectivity index (χ0v) is 16.5. The molecule has 0 aliphatic carbocycles. The molecule has 0 spiro atoms. The third-order valence-corrected chi connectivity index (χ3v) is 5.96. The summed E-state index contributed by atoms with van der Waals surface area (Å²) >= 11 is 6.00. The molecule has 0 amide bonds. The quantitative estimate of drug-likeness (QED) is 0.641. The number of hydrogen-bond donors (Lipinski definition) is 0. The van der Waals surface area contributed by atoms with Crippen molar-refractivity contribution < 1.29 is 0 Å². The van der Waals surface area contributed by atoms with Gasteiger partial charge in [-0.15, -0.1) is 17.5 Å². The Balaban J connectivity index is 0.00000180. The van der Waals surface area contributed by atoms with Gasteiger partial charge >= 0.3 is 0 Å². The molecule has 2 atom stereocenters. The lowest BCUT2D eigenvalue weighted by Gasteiger charge is -2.25. The van der Waals surface area contributed by atoms with Crippen LogP contribution in [0.15, 0.2) is 54.6 Å². The molecule has 5 rings (SSSR count). The van der Waals surface area contributed by atoms with Gasteiger partial charge in [-0.1, -0.05) is 59.3 Å². The maximum atomic E-state index is 6.00. The molecule has 1 aromatic heterocycles. The van der Waals surface area contributed by atoms with Crippen LogP contribution in [-0.2, 0) is 13.0 Å². The first-order chi connectivity index (χ1) is 12.8. The van der Waals surface area contributed by atoms with E-state index in [0.29, 0.717) is 12.0 Å². The van der Waals surface area contributed by atoms with Gasteiger partial charge in [0, 0.05) is 30.2 Å². The van der Waals surface area contributed by atoms with Gasteiger partial charge in [-0.2, -0.15) is 0 Å². The fourth-order valence-electron chi connectivity index (χ4n) is 4.43. The monoisotopic (exact) mass is 400 g/mol. The molecule has 3 heterocycles. The Kier molecular flexibility index (Phi) is 5.22. The fraction of sp³-hybridized carbons (Fsp3) is 0.333. The molecule has 2 aromatic carbocycles. The average Bonchev–Trinajstić information content (AvgIpc) is 3.27. The maximum Gasteiger partial charge on any atom is 0.116 e. The van der Waals surface area contributed by atoms with Crippen LogP contribution in [0.1, 0.15) is 23.7 Å². The van der Waals surface area contributed by atoms with Gasteiger partial charge in [-0.3, -0.25) is 4.90 Å². The zero-order valence-electron chi connectivity index (χ0n) is 15.0. The standard InChI is InChI=1S/C21H21ClN4.ClH/c22-18-9-6-15(7-10-18)12-25-13-17-8-11-19-21(16-4-2-1-3-5-16)23-24-26(19)20(17)14-25;/h1-7,9-10,17,20H,8,11-14H2;1H/t17-,20-;/m1./s1. The number of hydrogen-bond acceptors (Lipinski definition) is 3. The Labute approximate surface area is 170 Å². The van der Waals surface area contributed by atoms with Crippen LogP contribution in [0.2, 0.25) is 5.02 Å². The molecule has 1 saturated heterocycles. The molecule has 4 nitrogen and oxygen atoms in total. The number of rotatable bonds is 3. The van der Waals surface area contributed by atoms with Crippen molar-refractivity contribution in [1.29, 1.82) is 0 Å². The molecule has 1 fully saturated rings. The van der Waals surface area contributed by atoms with Crippen molar-refractivity contribution in [3.05, 3.63) is 70.9 Å². The van der Waals surface area contributed by atoms with E-state index in [4.69, 9.17) is 11.6 Å². The van der Waals surface area contributed by atoms with E-state index in [2.05, 4.69) is 56.3 Å². The first-order valence-corrected chi connectivity index (χ1v) is 9.62. The van der Waals surface area contributed by atoms with Gasteiger partial charge in [0.2, 0.25) is 0 Å². The summed E-state index contributed by atoms with van der Waals surface area (Å²) in [5.41, 5.74) is 4.84. The van der Waals surface area contributed by atoms with Gasteiger partial charge in [0.25, 0.3) is 0 Å². The van der Waals surface area contributed by atoms with Gasteiger partial charge in [-0.25, -0.2) is 4.68 Å². The number of likely N-dealkylation sites (tertiary alicyclic amines) is 1. The van der Waals surface area contributed by atoms with Crippen LogP contribution in [0.4, 0.5) is 0 Å².